The summed E-state index contributed by atoms with van der Waals surface area (Å²) >= 11 is 6.42. The Kier molecular flexibility index (Phi) is 5.15. The molecule has 1 aliphatic heterocycles. The van der Waals surface area contributed by atoms with Gasteiger partial charge in [0, 0.05) is 5.39 Å². The standard InChI is InChI=1S/C21H14N2O5S2/c1-28-14-5-6-16-11(8-14)2-3-12(22-16)9-18-19(25)23(21(29)30-18)13-4-7-17(24)15(10-13)20(26)27/h2-10,24H,1H3,(H,26,27)/b18-9-. The molecule has 0 bridgehead atoms. The molecule has 150 valence electrons. The first-order valence-corrected chi connectivity index (χ1v) is 9.89. The highest BCUT2D eigenvalue weighted by atomic mass is 32.2. The fourth-order valence-corrected chi connectivity index (χ4v) is 4.27. The van der Waals surface area contributed by atoms with Gasteiger partial charge in [-0.3, -0.25) is 9.69 Å². The second kappa shape index (κ2) is 7.77. The number of hydrogen-bond acceptors (Lipinski definition) is 7. The monoisotopic (exact) mass is 438 g/mol. The lowest BCUT2D eigenvalue weighted by atomic mass is 10.1. The smallest absolute Gasteiger partial charge is 0.339 e. The van der Waals surface area contributed by atoms with Crippen molar-refractivity contribution in [2.75, 3.05) is 12.0 Å². The molecule has 0 atom stereocenters. The Morgan fingerprint density at radius 1 is 1.20 bits per heavy atom. The van der Waals surface area contributed by atoms with Gasteiger partial charge in [0.25, 0.3) is 5.91 Å². The van der Waals surface area contributed by atoms with Gasteiger partial charge in [-0.05, 0) is 48.5 Å². The van der Waals surface area contributed by atoms with Gasteiger partial charge in [0.1, 0.15) is 17.1 Å². The molecule has 4 rings (SSSR count). The molecule has 0 unspecified atom stereocenters. The van der Waals surface area contributed by atoms with Crippen molar-refractivity contribution in [1.29, 1.82) is 0 Å². The quantitative estimate of drug-likeness (QED) is 0.465. The molecule has 3 aromatic rings. The number of hydrogen-bond donors (Lipinski definition) is 2. The molecular formula is C21H14N2O5S2. The summed E-state index contributed by atoms with van der Waals surface area (Å²) in [5.74, 6) is -1.34. The number of nitrogens with zero attached hydrogens (tertiary/aromatic N) is 2. The summed E-state index contributed by atoms with van der Waals surface area (Å²) in [5, 5.41) is 19.8. The predicted octanol–water partition coefficient (Wildman–Crippen LogP) is 4.05. The maximum atomic E-state index is 12.9. The number of methoxy groups -OCH3 is 1. The van der Waals surface area contributed by atoms with Crippen LogP contribution in [0.5, 0.6) is 11.5 Å². The number of ether oxygens (including phenoxy) is 1. The van der Waals surface area contributed by atoms with Crippen molar-refractivity contribution in [2.24, 2.45) is 0 Å². The zero-order valence-electron chi connectivity index (χ0n) is 15.5. The zero-order valence-corrected chi connectivity index (χ0v) is 17.2. The van der Waals surface area contributed by atoms with Crippen LogP contribution < -0.4 is 9.64 Å². The third-order valence-corrected chi connectivity index (χ3v) is 5.76. The molecule has 0 saturated carbocycles. The zero-order chi connectivity index (χ0) is 21.4. The van der Waals surface area contributed by atoms with E-state index in [4.69, 9.17) is 17.0 Å². The average Bonchev–Trinajstić information content (AvgIpc) is 3.01. The van der Waals surface area contributed by atoms with Gasteiger partial charge in [0.2, 0.25) is 0 Å². The van der Waals surface area contributed by atoms with Gasteiger partial charge in [0.05, 0.1) is 28.9 Å². The number of carboxylic acids is 1. The number of thioether (sulfide) groups is 1. The minimum Gasteiger partial charge on any atom is -0.507 e. The van der Waals surface area contributed by atoms with Crippen molar-refractivity contribution in [3.8, 4) is 11.5 Å². The summed E-state index contributed by atoms with van der Waals surface area (Å²) in [6.45, 7) is 0. The highest BCUT2D eigenvalue weighted by molar-refractivity contribution is 8.27. The second-order valence-corrected chi connectivity index (χ2v) is 7.99. The number of carbonyl (C=O) groups excluding carboxylic acids is 1. The van der Waals surface area contributed by atoms with E-state index in [-0.39, 0.29) is 27.2 Å². The Labute approximate surface area is 180 Å². The normalized spacial score (nSPS) is 15.2. The Hall–Kier alpha value is -3.43. The number of fused-ring (bicyclic) bond motifs is 1. The van der Waals surface area contributed by atoms with Crippen LogP contribution in [-0.4, -0.2) is 38.5 Å². The van der Waals surface area contributed by atoms with Crippen LogP contribution in [-0.2, 0) is 4.79 Å². The van der Waals surface area contributed by atoms with Crippen molar-refractivity contribution in [1.82, 2.24) is 4.98 Å². The lowest BCUT2D eigenvalue weighted by Gasteiger charge is -2.15. The van der Waals surface area contributed by atoms with E-state index in [0.717, 1.165) is 28.4 Å². The molecule has 0 spiro atoms. The van der Waals surface area contributed by atoms with E-state index in [0.29, 0.717) is 10.6 Å². The van der Waals surface area contributed by atoms with Gasteiger partial charge in [-0.15, -0.1) is 0 Å². The van der Waals surface area contributed by atoms with Crippen LogP contribution in [0.15, 0.2) is 53.4 Å². The third-order valence-electron chi connectivity index (χ3n) is 4.46. The van der Waals surface area contributed by atoms with E-state index in [2.05, 4.69) is 4.98 Å². The summed E-state index contributed by atoms with van der Waals surface area (Å²) in [5.41, 5.74) is 1.31. The molecule has 30 heavy (non-hydrogen) atoms. The molecular weight excluding hydrogens is 424 g/mol. The van der Waals surface area contributed by atoms with Gasteiger partial charge < -0.3 is 14.9 Å². The first kappa shape index (κ1) is 19.9. The molecule has 9 heteroatoms. The summed E-state index contributed by atoms with van der Waals surface area (Å²) < 4.78 is 5.47. The lowest BCUT2D eigenvalue weighted by Crippen LogP contribution is -2.27. The van der Waals surface area contributed by atoms with Gasteiger partial charge in [0.15, 0.2) is 4.32 Å². The highest BCUT2D eigenvalue weighted by Gasteiger charge is 2.34. The fourth-order valence-electron chi connectivity index (χ4n) is 2.99. The summed E-state index contributed by atoms with van der Waals surface area (Å²) in [7, 11) is 1.60. The number of thiocarbonyl (C=S) groups is 1. The van der Waals surface area contributed by atoms with Gasteiger partial charge in [-0.1, -0.05) is 30.0 Å². The van der Waals surface area contributed by atoms with E-state index in [1.807, 2.05) is 24.3 Å². The molecule has 0 aliphatic carbocycles. The topological polar surface area (TPSA) is 100.0 Å². The molecule has 2 heterocycles. The number of carboxylic acid groups (broad SMARTS) is 1. The van der Waals surface area contributed by atoms with Crippen LogP contribution in [0.4, 0.5) is 5.69 Å². The fraction of sp³-hybridized carbons (Fsp3) is 0.0476. The highest BCUT2D eigenvalue weighted by Crippen LogP contribution is 2.37. The molecule has 1 fully saturated rings. The van der Waals surface area contributed by atoms with Crippen molar-refractivity contribution in [3.63, 3.8) is 0 Å². The number of rotatable bonds is 4. The van der Waals surface area contributed by atoms with E-state index >= 15 is 0 Å². The number of carbonyl (C=O) groups is 2. The molecule has 2 aromatic carbocycles. The van der Waals surface area contributed by atoms with Gasteiger partial charge >= 0.3 is 5.97 Å². The number of aromatic nitrogens is 1. The van der Waals surface area contributed by atoms with Crippen LogP contribution in [0.1, 0.15) is 16.1 Å². The second-order valence-electron chi connectivity index (χ2n) is 6.32. The minimum absolute atomic E-state index is 0.263. The van der Waals surface area contributed by atoms with Crippen LogP contribution in [0.2, 0.25) is 0 Å². The number of amides is 1. The van der Waals surface area contributed by atoms with Gasteiger partial charge in [-0.25, -0.2) is 9.78 Å². The summed E-state index contributed by atoms with van der Waals surface area (Å²) in [6.07, 6.45) is 1.64. The summed E-state index contributed by atoms with van der Waals surface area (Å²) in [4.78, 5) is 30.4. The van der Waals surface area contributed by atoms with Crippen molar-refractivity contribution in [2.45, 2.75) is 0 Å². The van der Waals surface area contributed by atoms with Crippen LogP contribution in [0.25, 0.3) is 17.0 Å². The van der Waals surface area contributed by atoms with Gasteiger partial charge in [-0.2, -0.15) is 0 Å². The number of aromatic hydroxyl groups is 1. The Morgan fingerprint density at radius 2 is 2.00 bits per heavy atom. The molecule has 1 saturated heterocycles. The largest absolute Gasteiger partial charge is 0.507 e. The number of phenols is 1. The molecule has 1 aromatic heterocycles. The third kappa shape index (κ3) is 3.60. The van der Waals surface area contributed by atoms with E-state index in [1.165, 1.54) is 23.1 Å². The van der Waals surface area contributed by atoms with E-state index in [1.54, 1.807) is 19.3 Å². The van der Waals surface area contributed by atoms with Crippen LogP contribution in [0, 0.1) is 0 Å². The Morgan fingerprint density at radius 3 is 2.73 bits per heavy atom. The SMILES string of the molecule is COc1ccc2nc(/C=C3\SC(=S)N(c4ccc(O)c(C(=O)O)c4)C3=O)ccc2c1. The molecule has 1 amide bonds. The molecule has 7 nitrogen and oxygen atoms in total. The predicted molar refractivity (Wildman–Crippen MR) is 119 cm³/mol. The lowest BCUT2D eigenvalue weighted by molar-refractivity contribution is -0.113. The van der Waals surface area contributed by atoms with E-state index < -0.39 is 5.97 Å². The van der Waals surface area contributed by atoms with Crippen LogP contribution >= 0.6 is 24.0 Å². The molecule has 2 N–H and O–H groups in total. The van der Waals surface area contributed by atoms with Crippen molar-refractivity contribution < 1.29 is 24.5 Å². The number of aromatic carboxylic acids is 1. The summed E-state index contributed by atoms with van der Waals surface area (Å²) in [6, 6.07) is 13.1. The molecule has 1 aliphatic rings. The number of pyridine rings is 1. The average molecular weight is 438 g/mol. The first-order chi connectivity index (χ1) is 14.4. The number of benzene rings is 2. The minimum atomic E-state index is -1.30. The maximum absolute atomic E-state index is 12.9. The first-order valence-electron chi connectivity index (χ1n) is 8.66. The number of anilines is 1. The Bertz CT molecular complexity index is 1260. The molecule has 0 radical (unpaired) electrons. The van der Waals surface area contributed by atoms with Crippen molar-refractivity contribution in [3.05, 3.63) is 64.7 Å². The van der Waals surface area contributed by atoms with Crippen molar-refractivity contribution >= 4 is 62.8 Å². The Balaban J connectivity index is 1.67. The van der Waals surface area contributed by atoms with E-state index in [9.17, 15) is 19.8 Å². The van der Waals surface area contributed by atoms with Crippen LogP contribution in [0.3, 0.4) is 0 Å². The maximum Gasteiger partial charge on any atom is 0.339 e.